The van der Waals surface area contributed by atoms with Gasteiger partial charge in [0.15, 0.2) is 0 Å². The lowest BCUT2D eigenvalue weighted by Gasteiger charge is -2.29. The van der Waals surface area contributed by atoms with E-state index in [4.69, 9.17) is 5.41 Å². The van der Waals surface area contributed by atoms with Crippen LogP contribution in [0.15, 0.2) is 30.3 Å². The number of hydrogen-bond acceptors (Lipinski definition) is 3. The molecule has 1 saturated heterocycles. The van der Waals surface area contributed by atoms with Gasteiger partial charge in [-0.1, -0.05) is 30.3 Å². The molecule has 86 valence electrons. The largest absolute Gasteiger partial charge is 0.382 e. The van der Waals surface area contributed by atoms with Crippen molar-refractivity contribution < 1.29 is 9.59 Å². The van der Waals surface area contributed by atoms with E-state index in [0.717, 1.165) is 17.9 Å². The standard InChI is InChI=1S/C12H17N2OS/c1-14(7-8-16-12(14)13)9-11(15)10-5-3-2-4-6-10/h2-6,11,13,15H,7-9H2,1H3/q+1. The lowest BCUT2D eigenvalue weighted by atomic mass is 10.1. The zero-order valence-corrected chi connectivity index (χ0v) is 10.2. The second-order valence-electron chi connectivity index (χ2n) is 4.38. The second kappa shape index (κ2) is 4.57. The Hall–Kier alpha value is -0.840. The molecule has 2 unspecified atom stereocenters. The van der Waals surface area contributed by atoms with Crippen LogP contribution in [-0.4, -0.2) is 40.6 Å². The van der Waals surface area contributed by atoms with Gasteiger partial charge in [0.05, 0.1) is 19.3 Å². The SMILES string of the molecule is C[N+]1(CC(O)c2ccccc2)CCSC1=N. The zero-order valence-electron chi connectivity index (χ0n) is 9.39. The Bertz CT molecular complexity index is 382. The van der Waals surface area contributed by atoms with Crippen molar-refractivity contribution in [2.75, 3.05) is 25.9 Å². The highest BCUT2D eigenvalue weighted by Gasteiger charge is 2.36. The topological polar surface area (TPSA) is 44.1 Å². The van der Waals surface area contributed by atoms with Crippen molar-refractivity contribution in [1.82, 2.24) is 0 Å². The molecule has 4 heteroatoms. The van der Waals surface area contributed by atoms with Gasteiger partial charge in [0.25, 0.3) is 5.17 Å². The lowest BCUT2D eigenvalue weighted by molar-refractivity contribution is -0.816. The van der Waals surface area contributed by atoms with E-state index < -0.39 is 6.10 Å². The van der Waals surface area contributed by atoms with Crippen molar-refractivity contribution in [3.63, 3.8) is 0 Å². The van der Waals surface area contributed by atoms with Gasteiger partial charge in [-0.15, -0.1) is 0 Å². The van der Waals surface area contributed by atoms with Crippen LogP contribution in [0.5, 0.6) is 0 Å². The van der Waals surface area contributed by atoms with Gasteiger partial charge >= 0.3 is 0 Å². The minimum absolute atomic E-state index is 0.481. The molecule has 0 amide bonds. The van der Waals surface area contributed by atoms with Crippen molar-refractivity contribution in [2.24, 2.45) is 0 Å². The Morgan fingerprint density at radius 2 is 2.12 bits per heavy atom. The monoisotopic (exact) mass is 237 g/mol. The van der Waals surface area contributed by atoms with Crippen LogP contribution in [-0.2, 0) is 0 Å². The first-order valence-corrected chi connectivity index (χ1v) is 6.40. The summed E-state index contributed by atoms with van der Waals surface area (Å²) in [5.74, 6) is 0.983. The third kappa shape index (κ3) is 2.29. The Balaban J connectivity index is 2.08. The molecular weight excluding hydrogens is 220 g/mol. The van der Waals surface area contributed by atoms with E-state index in [1.807, 2.05) is 37.4 Å². The second-order valence-corrected chi connectivity index (χ2v) is 5.47. The summed E-state index contributed by atoms with van der Waals surface area (Å²) in [5.41, 5.74) is 0.937. The first-order valence-electron chi connectivity index (χ1n) is 5.41. The summed E-state index contributed by atoms with van der Waals surface area (Å²) in [6.45, 7) is 1.53. The van der Waals surface area contributed by atoms with Gasteiger partial charge < -0.3 is 5.11 Å². The van der Waals surface area contributed by atoms with Gasteiger partial charge in [0.2, 0.25) is 0 Å². The normalized spacial score (nSPS) is 27.0. The zero-order chi connectivity index (χ0) is 11.6. The van der Waals surface area contributed by atoms with Gasteiger partial charge in [-0.2, -0.15) is 0 Å². The number of rotatable bonds is 3. The fourth-order valence-electron chi connectivity index (χ4n) is 1.94. The molecule has 1 fully saturated rings. The summed E-state index contributed by atoms with van der Waals surface area (Å²) < 4.78 is 0.556. The maximum absolute atomic E-state index is 10.1. The molecule has 2 N–H and O–H groups in total. The smallest absolute Gasteiger partial charge is 0.256 e. The summed E-state index contributed by atoms with van der Waals surface area (Å²) in [5, 5.41) is 18.7. The minimum atomic E-state index is -0.481. The molecule has 16 heavy (non-hydrogen) atoms. The number of nitrogens with one attached hydrogen (secondary N) is 1. The number of likely N-dealkylation sites (N-methyl/N-ethyl adjacent to an activating group) is 1. The molecule has 3 nitrogen and oxygen atoms in total. The molecule has 0 bridgehead atoms. The molecule has 0 saturated carbocycles. The Kier molecular flexibility index (Phi) is 3.33. The van der Waals surface area contributed by atoms with Crippen LogP contribution in [0.25, 0.3) is 0 Å². The molecule has 1 heterocycles. The molecule has 0 aliphatic carbocycles. The Labute approximate surface area is 100 Å². The first-order chi connectivity index (χ1) is 7.62. The fourth-order valence-corrected chi connectivity index (χ4v) is 3.10. The van der Waals surface area contributed by atoms with Gasteiger partial charge in [0.1, 0.15) is 12.6 Å². The molecule has 1 aliphatic rings. The maximum atomic E-state index is 10.1. The van der Waals surface area contributed by atoms with Crippen LogP contribution >= 0.6 is 11.8 Å². The van der Waals surface area contributed by atoms with Crippen molar-refractivity contribution in [3.05, 3.63) is 35.9 Å². The van der Waals surface area contributed by atoms with Crippen LogP contribution < -0.4 is 0 Å². The third-order valence-corrected chi connectivity index (χ3v) is 4.18. The number of thioether (sulfide) groups is 1. The summed E-state index contributed by atoms with van der Waals surface area (Å²) in [6, 6.07) is 9.68. The average molecular weight is 237 g/mol. The van der Waals surface area contributed by atoms with Crippen LogP contribution in [0.4, 0.5) is 0 Å². The molecule has 1 aromatic carbocycles. The number of benzene rings is 1. The highest BCUT2D eigenvalue weighted by molar-refractivity contribution is 8.13. The predicted octanol–water partition coefficient (Wildman–Crippen LogP) is 1.85. The molecular formula is C12H17N2OS+. The Morgan fingerprint density at radius 3 is 2.69 bits per heavy atom. The number of nitrogens with zero attached hydrogens (tertiary/aromatic N) is 1. The van der Waals surface area contributed by atoms with Gasteiger partial charge in [-0.3, -0.25) is 4.48 Å². The maximum Gasteiger partial charge on any atom is 0.256 e. The van der Waals surface area contributed by atoms with Crippen LogP contribution in [0.3, 0.4) is 0 Å². The van der Waals surface area contributed by atoms with Gasteiger partial charge in [0, 0.05) is 0 Å². The van der Waals surface area contributed by atoms with Crippen LogP contribution in [0.1, 0.15) is 11.7 Å². The fraction of sp³-hybridized carbons (Fsp3) is 0.417. The van der Waals surface area contributed by atoms with Gasteiger partial charge in [-0.25, -0.2) is 5.41 Å². The summed E-state index contributed by atoms with van der Waals surface area (Å²) in [7, 11) is 2.02. The van der Waals surface area contributed by atoms with Gasteiger partial charge in [-0.05, 0) is 17.3 Å². The third-order valence-electron chi connectivity index (χ3n) is 3.07. The highest BCUT2D eigenvalue weighted by Crippen LogP contribution is 2.27. The van der Waals surface area contributed by atoms with E-state index in [2.05, 4.69) is 0 Å². The average Bonchev–Trinajstić information content (AvgIpc) is 2.60. The molecule has 0 radical (unpaired) electrons. The summed E-state index contributed by atoms with van der Waals surface area (Å²) >= 11 is 1.59. The van der Waals surface area contributed by atoms with Crippen molar-refractivity contribution in [2.45, 2.75) is 6.10 Å². The minimum Gasteiger partial charge on any atom is -0.382 e. The van der Waals surface area contributed by atoms with E-state index in [1.54, 1.807) is 11.8 Å². The quantitative estimate of drug-likeness (QED) is 0.788. The van der Waals surface area contributed by atoms with Crippen LogP contribution in [0, 0.1) is 5.41 Å². The van der Waals surface area contributed by atoms with Crippen LogP contribution in [0.2, 0.25) is 0 Å². The van der Waals surface area contributed by atoms with E-state index in [1.165, 1.54) is 0 Å². The molecule has 0 aromatic heterocycles. The number of aliphatic hydroxyl groups is 1. The molecule has 0 spiro atoms. The van der Waals surface area contributed by atoms with E-state index in [9.17, 15) is 5.11 Å². The lowest BCUT2D eigenvalue weighted by Crippen LogP contribution is -2.47. The molecule has 1 aliphatic heterocycles. The summed E-state index contributed by atoms with van der Waals surface area (Å²) in [6.07, 6.45) is -0.481. The number of quaternary nitrogens is 1. The number of amidine groups is 1. The predicted molar refractivity (Wildman–Crippen MR) is 67.5 cm³/mol. The van der Waals surface area contributed by atoms with E-state index in [-0.39, 0.29) is 0 Å². The molecule has 2 rings (SSSR count). The van der Waals surface area contributed by atoms with E-state index in [0.29, 0.717) is 16.2 Å². The molecule has 1 aromatic rings. The molecule has 2 atom stereocenters. The van der Waals surface area contributed by atoms with E-state index >= 15 is 0 Å². The van der Waals surface area contributed by atoms with Crippen molar-refractivity contribution in [3.8, 4) is 0 Å². The number of aliphatic hydroxyl groups excluding tert-OH is 1. The summed E-state index contributed by atoms with van der Waals surface area (Å²) in [4.78, 5) is 0. The highest BCUT2D eigenvalue weighted by atomic mass is 32.2. The van der Waals surface area contributed by atoms with Crippen molar-refractivity contribution >= 4 is 16.9 Å². The van der Waals surface area contributed by atoms with Crippen molar-refractivity contribution in [1.29, 1.82) is 5.41 Å². The number of hydrogen-bond donors (Lipinski definition) is 2. The Morgan fingerprint density at radius 1 is 1.44 bits per heavy atom. The first kappa shape index (κ1) is 11.6.